The van der Waals surface area contributed by atoms with E-state index in [0.717, 1.165) is 24.6 Å². The van der Waals surface area contributed by atoms with Gasteiger partial charge in [-0.3, -0.25) is 0 Å². The number of rotatable bonds is 6. The third-order valence-corrected chi connectivity index (χ3v) is 4.18. The molecule has 2 aromatic rings. The molecule has 2 rings (SSSR count). The van der Waals surface area contributed by atoms with Crippen molar-refractivity contribution < 1.29 is 0 Å². The van der Waals surface area contributed by atoms with Crippen LogP contribution in [-0.4, -0.2) is 12.0 Å². The van der Waals surface area contributed by atoms with E-state index in [0.29, 0.717) is 0 Å². The maximum absolute atomic E-state index is 4.85. The van der Waals surface area contributed by atoms with Crippen LogP contribution in [0.3, 0.4) is 0 Å². The molecule has 0 radical (unpaired) electrons. The Kier molecular flexibility index (Phi) is 5.11. The Balaban J connectivity index is 2.25. The van der Waals surface area contributed by atoms with E-state index in [1.807, 2.05) is 24.5 Å². The average Bonchev–Trinajstić information content (AvgIpc) is 2.81. The summed E-state index contributed by atoms with van der Waals surface area (Å²) in [5.74, 6) is 0.733. The van der Waals surface area contributed by atoms with E-state index < -0.39 is 0 Å². The molecule has 0 amide bonds. The molecule has 0 aliphatic carbocycles. The molecule has 1 N–H and O–H groups in total. The lowest BCUT2D eigenvalue weighted by atomic mass is 10.1. The monoisotopic (exact) mass is 274 g/mol. The molecule has 0 atom stereocenters. The number of nitrogens with zero attached hydrogens (tertiary/aromatic N) is 1. The molecule has 0 saturated heterocycles. The minimum Gasteiger partial charge on any atom is -0.315 e. The van der Waals surface area contributed by atoms with E-state index in [-0.39, 0.29) is 0 Å². The van der Waals surface area contributed by atoms with Crippen LogP contribution in [0.25, 0.3) is 11.3 Å². The van der Waals surface area contributed by atoms with Gasteiger partial charge in [0.2, 0.25) is 0 Å². The van der Waals surface area contributed by atoms with Crippen LogP contribution in [0, 0.1) is 5.92 Å². The third-order valence-electron chi connectivity index (χ3n) is 3.06. The highest BCUT2D eigenvalue weighted by Gasteiger charge is 2.12. The van der Waals surface area contributed by atoms with Crippen LogP contribution < -0.4 is 5.32 Å². The number of aromatic nitrogens is 1. The zero-order chi connectivity index (χ0) is 13.7. The molecule has 1 aromatic heterocycles. The lowest BCUT2D eigenvalue weighted by Gasteiger charge is -2.01. The maximum atomic E-state index is 4.85. The first-order valence-electron chi connectivity index (χ1n) is 6.89. The lowest BCUT2D eigenvalue weighted by Crippen LogP contribution is -2.04. The zero-order valence-electron chi connectivity index (χ0n) is 11.9. The lowest BCUT2D eigenvalue weighted by molar-refractivity contribution is 0.585. The first-order valence-corrected chi connectivity index (χ1v) is 7.71. The van der Waals surface area contributed by atoms with Crippen LogP contribution in [0.15, 0.2) is 30.3 Å². The Morgan fingerprint density at radius 2 is 1.95 bits per heavy atom. The fraction of sp³-hybridized carbons (Fsp3) is 0.438. The van der Waals surface area contributed by atoms with Crippen molar-refractivity contribution in [3.8, 4) is 11.3 Å². The summed E-state index contributed by atoms with van der Waals surface area (Å²) in [5, 5.41) is 4.50. The van der Waals surface area contributed by atoms with Crippen molar-refractivity contribution in [3.63, 3.8) is 0 Å². The normalized spacial score (nSPS) is 11.2. The van der Waals surface area contributed by atoms with Gasteiger partial charge in [0.1, 0.15) is 0 Å². The molecular formula is C16H22N2S. The van der Waals surface area contributed by atoms with Gasteiger partial charge in [-0.1, -0.05) is 44.2 Å². The fourth-order valence-corrected chi connectivity index (χ4v) is 3.14. The maximum Gasteiger partial charge on any atom is 0.0936 e. The molecular weight excluding hydrogens is 252 g/mol. The van der Waals surface area contributed by atoms with Gasteiger partial charge in [0.15, 0.2) is 0 Å². The Hall–Kier alpha value is -1.19. The minimum absolute atomic E-state index is 0.733. The highest BCUT2D eigenvalue weighted by atomic mass is 32.1. The van der Waals surface area contributed by atoms with Crippen molar-refractivity contribution in [2.45, 2.75) is 33.2 Å². The molecule has 3 heteroatoms. The van der Waals surface area contributed by atoms with Crippen molar-refractivity contribution in [1.82, 2.24) is 10.3 Å². The summed E-state index contributed by atoms with van der Waals surface area (Å²) in [4.78, 5) is 6.19. The predicted molar refractivity (Wildman–Crippen MR) is 83.5 cm³/mol. The SMILES string of the molecule is CNCc1sc(CCC(C)C)nc1-c1ccccc1. The van der Waals surface area contributed by atoms with Crippen LogP contribution in [0.5, 0.6) is 0 Å². The average molecular weight is 274 g/mol. The Morgan fingerprint density at radius 3 is 2.58 bits per heavy atom. The van der Waals surface area contributed by atoms with Gasteiger partial charge in [-0.15, -0.1) is 11.3 Å². The molecule has 102 valence electrons. The molecule has 0 unspecified atom stereocenters. The Morgan fingerprint density at radius 1 is 1.21 bits per heavy atom. The molecule has 2 nitrogen and oxygen atoms in total. The first kappa shape index (κ1) is 14.2. The highest BCUT2D eigenvalue weighted by Crippen LogP contribution is 2.29. The number of hydrogen-bond donors (Lipinski definition) is 1. The van der Waals surface area contributed by atoms with Crippen LogP contribution in [-0.2, 0) is 13.0 Å². The van der Waals surface area contributed by atoms with Crippen molar-refractivity contribution in [2.24, 2.45) is 5.92 Å². The van der Waals surface area contributed by atoms with Gasteiger partial charge in [0, 0.05) is 17.0 Å². The summed E-state index contributed by atoms with van der Waals surface area (Å²) in [7, 11) is 1.99. The van der Waals surface area contributed by atoms with Gasteiger partial charge < -0.3 is 5.32 Å². The topological polar surface area (TPSA) is 24.9 Å². The van der Waals surface area contributed by atoms with Crippen molar-refractivity contribution in [1.29, 1.82) is 0 Å². The molecule has 1 aromatic carbocycles. The van der Waals surface area contributed by atoms with Gasteiger partial charge in [0.05, 0.1) is 10.7 Å². The summed E-state index contributed by atoms with van der Waals surface area (Å²) >= 11 is 1.85. The Labute approximate surface area is 119 Å². The quantitative estimate of drug-likeness (QED) is 0.857. The highest BCUT2D eigenvalue weighted by molar-refractivity contribution is 7.12. The number of thiazole rings is 1. The van der Waals surface area contributed by atoms with E-state index >= 15 is 0 Å². The van der Waals surface area contributed by atoms with Crippen molar-refractivity contribution >= 4 is 11.3 Å². The summed E-state index contributed by atoms with van der Waals surface area (Å²) in [6.45, 7) is 5.42. The molecule has 0 spiro atoms. The smallest absolute Gasteiger partial charge is 0.0936 e. The molecule has 0 bridgehead atoms. The van der Waals surface area contributed by atoms with Crippen LogP contribution in [0.2, 0.25) is 0 Å². The van der Waals surface area contributed by atoms with Gasteiger partial charge in [-0.2, -0.15) is 0 Å². The predicted octanol–water partition coefficient (Wildman–Crippen LogP) is 4.12. The second-order valence-electron chi connectivity index (χ2n) is 5.21. The number of nitrogens with one attached hydrogen (secondary N) is 1. The van der Waals surface area contributed by atoms with Gasteiger partial charge in [-0.05, 0) is 25.8 Å². The number of aryl methyl sites for hydroxylation is 1. The molecule has 1 heterocycles. The van der Waals surface area contributed by atoms with Crippen molar-refractivity contribution in [3.05, 3.63) is 40.2 Å². The number of benzene rings is 1. The number of hydrogen-bond acceptors (Lipinski definition) is 3. The summed E-state index contributed by atoms with van der Waals surface area (Å²) in [5.41, 5.74) is 2.37. The second-order valence-corrected chi connectivity index (χ2v) is 6.38. The largest absolute Gasteiger partial charge is 0.315 e. The van der Waals surface area contributed by atoms with Crippen LogP contribution in [0.1, 0.15) is 30.2 Å². The summed E-state index contributed by atoms with van der Waals surface area (Å²) in [6.07, 6.45) is 2.30. The summed E-state index contributed by atoms with van der Waals surface area (Å²) < 4.78 is 0. The fourth-order valence-electron chi connectivity index (χ4n) is 2.02. The van der Waals surface area contributed by atoms with E-state index in [2.05, 4.69) is 43.4 Å². The Bertz CT molecular complexity index is 503. The van der Waals surface area contributed by atoms with E-state index in [1.54, 1.807) is 0 Å². The standard InChI is InChI=1S/C16H22N2S/c1-12(2)9-10-15-18-16(14(19-15)11-17-3)13-7-5-4-6-8-13/h4-8,12,17H,9-11H2,1-3H3. The van der Waals surface area contributed by atoms with Crippen LogP contribution in [0.4, 0.5) is 0 Å². The van der Waals surface area contributed by atoms with Gasteiger partial charge >= 0.3 is 0 Å². The first-order chi connectivity index (χ1) is 9.20. The van der Waals surface area contributed by atoms with E-state index in [4.69, 9.17) is 4.98 Å². The minimum atomic E-state index is 0.733. The molecule has 0 saturated carbocycles. The van der Waals surface area contributed by atoms with Gasteiger partial charge in [0.25, 0.3) is 0 Å². The van der Waals surface area contributed by atoms with Crippen LogP contribution >= 0.6 is 11.3 Å². The summed E-state index contributed by atoms with van der Waals surface area (Å²) in [6, 6.07) is 10.5. The molecule has 0 aliphatic rings. The van der Waals surface area contributed by atoms with E-state index in [1.165, 1.54) is 21.9 Å². The zero-order valence-corrected chi connectivity index (χ0v) is 12.8. The molecule has 0 aliphatic heterocycles. The van der Waals surface area contributed by atoms with Gasteiger partial charge in [-0.25, -0.2) is 4.98 Å². The third kappa shape index (κ3) is 3.88. The second kappa shape index (κ2) is 6.83. The molecule has 19 heavy (non-hydrogen) atoms. The van der Waals surface area contributed by atoms with E-state index in [9.17, 15) is 0 Å². The molecule has 0 fully saturated rings. The van der Waals surface area contributed by atoms with Crippen molar-refractivity contribution in [2.75, 3.05) is 7.05 Å².